The van der Waals surface area contributed by atoms with Crippen LogP contribution in [0.5, 0.6) is 0 Å². The van der Waals surface area contributed by atoms with Gasteiger partial charge in [-0.1, -0.05) is 406 Å². The third-order valence-corrected chi connectivity index (χ3v) is 36.0. The van der Waals surface area contributed by atoms with E-state index in [0.717, 1.165) is 145 Å². The van der Waals surface area contributed by atoms with Crippen LogP contribution in [0.2, 0.25) is 0 Å². The smallest absolute Gasteiger partial charge is 0.277 e. The largest absolute Gasteiger partial charge is 0.301 e. The Bertz CT molecular complexity index is 7360. The summed E-state index contributed by atoms with van der Waals surface area (Å²) in [5.74, 6) is 0. The van der Waals surface area contributed by atoms with Crippen LogP contribution in [0.4, 0.5) is 45.5 Å². The standard InChI is InChI=1S/C38H29N2OP.2C32H25N2OP.C20H17N2OP/c41-42(34-22-14-21-33(29-34)30-15-4-1-5-16-30)39(37-25-12-10-23-35(37)31-17-6-2-7-18-31)27-28-40(42)38-26-13-11-24-36(38)32-19-8-3-9-20-32;35-36(30-24-14-5-15-25-30)33(28-20-10-3-11-21-28)31(26-16-6-1-7-17-26)32(27-18-8-2-9-19-27)34(36)29-22-12-4-13-23-29;35-36(33(30-17-9-3-10-18-30)21-22-34(36)31-19-11-4-12-20-31)32-24-28(26-13-5-1-6-14-26)23-29(25-32)27-15-7-2-8-16-27;23-24(20-14-8-3-9-15-20)21(18-10-4-1-5-11-18)16-17-22(24)19-12-6-2-7-13-19/h1-29H;2*1-25H;1-17H. The predicted octanol–water partition coefficient (Wildman–Crippen LogP) is 31.4. The zero-order valence-electron chi connectivity index (χ0n) is 75.4. The molecule has 0 radical (unpaired) electrons. The first-order valence-corrected chi connectivity index (χ1v) is 52.3. The molecule has 19 aromatic rings. The Labute approximate surface area is 807 Å². The third-order valence-electron chi connectivity index (χ3n) is 24.6. The summed E-state index contributed by atoms with van der Waals surface area (Å²) < 4.78 is 77.3. The summed E-state index contributed by atoms with van der Waals surface area (Å²) in [5.41, 5.74) is 21.6. The molecule has 0 fully saturated rings. The van der Waals surface area contributed by atoms with Crippen molar-refractivity contribution in [2.75, 3.05) is 37.4 Å². The maximum absolute atomic E-state index is 16.0. The van der Waals surface area contributed by atoms with E-state index in [1.54, 1.807) is 0 Å². The zero-order chi connectivity index (χ0) is 93.5. The fraction of sp³-hybridized carbons (Fsp3) is 0. The van der Waals surface area contributed by atoms with Gasteiger partial charge in [0.25, 0.3) is 0 Å². The lowest BCUT2D eigenvalue weighted by Gasteiger charge is -2.35. The molecule has 4 aliphatic rings. The molecule has 0 spiro atoms. The Morgan fingerprint density at radius 3 is 0.667 bits per heavy atom. The van der Waals surface area contributed by atoms with Crippen LogP contribution in [0.15, 0.2) is 583 Å². The van der Waals surface area contributed by atoms with E-state index in [1.165, 1.54) is 0 Å². The van der Waals surface area contributed by atoms with Gasteiger partial charge in [-0.05, 0) is 184 Å². The number of benzene rings is 19. The van der Waals surface area contributed by atoms with Gasteiger partial charge < -0.3 is 0 Å². The monoisotopic (exact) mass is 1860 g/mol. The van der Waals surface area contributed by atoms with Crippen molar-refractivity contribution in [3.63, 3.8) is 0 Å². The van der Waals surface area contributed by atoms with Gasteiger partial charge in [0.15, 0.2) is 0 Å². The summed E-state index contributed by atoms with van der Waals surface area (Å²) in [4.78, 5) is 0. The molecule has 138 heavy (non-hydrogen) atoms. The number of anilines is 8. The minimum absolute atomic E-state index is 0.764. The van der Waals surface area contributed by atoms with Gasteiger partial charge in [-0.2, -0.15) is 0 Å². The first kappa shape index (κ1) is 89.3. The second-order valence-electron chi connectivity index (χ2n) is 33.1. The lowest BCUT2D eigenvalue weighted by atomic mass is 9.99. The molecule has 0 unspecified atom stereocenters. The fourth-order valence-electron chi connectivity index (χ4n) is 18.1. The average Bonchev–Trinajstić information content (AvgIpc) is 1.54. The number of rotatable bonds is 19. The van der Waals surface area contributed by atoms with Crippen molar-refractivity contribution in [3.8, 4) is 55.6 Å². The van der Waals surface area contributed by atoms with E-state index in [9.17, 15) is 4.57 Å². The van der Waals surface area contributed by atoms with E-state index in [2.05, 4.69) is 149 Å². The fourth-order valence-corrected chi connectivity index (χ4v) is 29.2. The van der Waals surface area contributed by atoms with Gasteiger partial charge in [-0.3, -0.25) is 55.6 Å². The molecule has 0 N–H and O–H groups in total. The molecule has 0 aromatic heterocycles. The van der Waals surface area contributed by atoms with Crippen molar-refractivity contribution in [1.82, 2.24) is 0 Å². The second-order valence-corrected chi connectivity index (χ2v) is 42.9. The van der Waals surface area contributed by atoms with Gasteiger partial charge in [-0.15, -0.1) is 0 Å². The molecule has 4 aliphatic heterocycles. The summed E-state index contributed by atoms with van der Waals surface area (Å²) in [6.07, 6.45) is 11.6. The van der Waals surface area contributed by atoms with E-state index in [0.29, 0.717) is 0 Å². The van der Waals surface area contributed by atoms with Crippen LogP contribution in [0.1, 0.15) is 11.1 Å². The highest BCUT2D eigenvalue weighted by Gasteiger charge is 2.52. The first-order chi connectivity index (χ1) is 68.0. The summed E-state index contributed by atoms with van der Waals surface area (Å²) >= 11 is 0. The van der Waals surface area contributed by atoms with Crippen molar-refractivity contribution >= 4 is 108 Å². The Morgan fingerprint density at radius 1 is 0.138 bits per heavy atom. The van der Waals surface area contributed by atoms with E-state index in [4.69, 9.17) is 0 Å². The van der Waals surface area contributed by atoms with Crippen LogP contribution in [0, 0.1) is 0 Å². The van der Waals surface area contributed by atoms with Gasteiger partial charge in [0.05, 0.1) is 44.0 Å². The molecule has 4 heterocycles. The minimum atomic E-state index is -3.47. The Kier molecular flexibility index (Phi) is 26.4. The first-order valence-electron chi connectivity index (χ1n) is 45.9. The normalized spacial score (nSPS) is 14.5. The SMILES string of the molecule is O=P1(c2cc(-c3ccccc3)cc(-c3ccccc3)c2)N(c2ccccc2)C=CN1c1ccccc1.O=P1(c2cccc(-c3ccccc3)c2)N(c2ccccc2-c2ccccc2)C=CN1c1ccccc1-c1ccccc1.O=P1(c2ccccc2)N(c2ccccc2)C(c2ccccc2)=C(c2ccccc2)N1c1ccccc1.O=P1(c2ccccc2)N(c2ccccc2)C=CN1c1ccccc1. The van der Waals surface area contributed by atoms with Crippen molar-refractivity contribution in [2.24, 2.45) is 0 Å². The van der Waals surface area contributed by atoms with Gasteiger partial charge in [0.1, 0.15) is 0 Å². The minimum Gasteiger partial charge on any atom is -0.277 e. The van der Waals surface area contributed by atoms with E-state index in [-0.39, 0.29) is 0 Å². The summed E-state index contributed by atoms with van der Waals surface area (Å²) in [6.45, 7) is 0. The van der Waals surface area contributed by atoms with Crippen molar-refractivity contribution in [2.45, 2.75) is 0 Å². The summed E-state index contributed by atoms with van der Waals surface area (Å²) in [7, 11) is -13.3. The Morgan fingerprint density at radius 2 is 0.348 bits per heavy atom. The van der Waals surface area contributed by atoms with Crippen LogP contribution >= 0.6 is 29.8 Å². The van der Waals surface area contributed by atoms with Gasteiger partial charge in [0.2, 0.25) is 0 Å². The molecule has 0 amide bonds. The van der Waals surface area contributed by atoms with E-state index < -0.39 is 29.8 Å². The highest BCUT2D eigenvalue weighted by molar-refractivity contribution is 7.77. The van der Waals surface area contributed by atoms with Crippen LogP contribution in [0.25, 0.3) is 67.0 Å². The number of nitrogens with zero attached hydrogens (tertiary/aromatic N) is 8. The quantitative estimate of drug-likeness (QED) is 0.0722. The average molecular weight is 1860 g/mol. The second kappa shape index (κ2) is 40.7. The van der Waals surface area contributed by atoms with Crippen LogP contribution in [-0.4, -0.2) is 0 Å². The Balaban J connectivity index is 0.000000115. The molecule has 0 atom stereocenters. The summed E-state index contributed by atoms with van der Waals surface area (Å²) in [5, 5.41) is 3.12. The molecule has 12 nitrogen and oxygen atoms in total. The molecule has 668 valence electrons. The molecule has 16 heteroatoms. The van der Waals surface area contributed by atoms with Crippen LogP contribution < -0.4 is 58.6 Å². The van der Waals surface area contributed by atoms with Crippen molar-refractivity contribution in [3.05, 3.63) is 594 Å². The molecule has 0 saturated heterocycles. The highest BCUT2D eigenvalue weighted by Crippen LogP contribution is 2.69. The van der Waals surface area contributed by atoms with Crippen molar-refractivity contribution < 1.29 is 18.3 Å². The Hall–Kier alpha value is -16.5. The summed E-state index contributed by atoms with van der Waals surface area (Å²) in [6, 6.07) is 182. The molecule has 19 aromatic carbocycles. The third kappa shape index (κ3) is 17.8. The number of hydrogen-bond donors (Lipinski definition) is 0. The molecule has 0 bridgehead atoms. The van der Waals surface area contributed by atoms with Crippen LogP contribution in [0.3, 0.4) is 0 Å². The molecule has 0 saturated carbocycles. The molecule has 23 rings (SSSR count). The van der Waals surface area contributed by atoms with Gasteiger partial charge >= 0.3 is 29.8 Å². The molecule has 0 aliphatic carbocycles. The van der Waals surface area contributed by atoms with Crippen molar-refractivity contribution in [1.29, 1.82) is 0 Å². The van der Waals surface area contributed by atoms with Gasteiger partial charge in [0, 0.05) is 93.6 Å². The zero-order valence-corrected chi connectivity index (χ0v) is 79.0. The lowest BCUT2D eigenvalue weighted by Crippen LogP contribution is -2.28. The number of para-hydroxylation sites is 8. The topological polar surface area (TPSA) is 94.2 Å². The maximum atomic E-state index is 16.0. The maximum Gasteiger partial charge on any atom is 0.301 e. The molecular weight excluding hydrogens is 1770 g/mol. The van der Waals surface area contributed by atoms with E-state index >= 15 is 13.7 Å². The number of hydrogen-bond acceptors (Lipinski definition) is 4. The van der Waals surface area contributed by atoms with E-state index in [1.807, 2.05) is 472 Å². The predicted molar refractivity (Wildman–Crippen MR) is 580 cm³/mol. The van der Waals surface area contributed by atoms with Gasteiger partial charge in [-0.25, -0.2) is 0 Å². The van der Waals surface area contributed by atoms with Crippen LogP contribution in [-0.2, 0) is 18.3 Å². The molecular formula is C122H96N8O4P4. The lowest BCUT2D eigenvalue weighted by molar-refractivity contribution is 0.581. The highest BCUT2D eigenvalue weighted by atomic mass is 31.2.